The highest BCUT2D eigenvalue weighted by Gasteiger charge is 2.05. The molecule has 0 fully saturated rings. The Balaban J connectivity index is 1.56. The van der Waals surface area contributed by atoms with E-state index in [0.29, 0.717) is 12.1 Å². The van der Waals surface area contributed by atoms with E-state index in [1.165, 1.54) is 0 Å². The van der Waals surface area contributed by atoms with Crippen LogP contribution in [0.25, 0.3) is 0 Å². The number of carbonyl (C=O) groups is 1. The molecule has 0 aliphatic rings. The Bertz CT molecular complexity index is 968. The SMILES string of the molecule is CC(=NNC(=O)c1ccc(NCc2ccc(Cl)cc2)cc1)c1ccc(Br)cc1. The molecule has 0 atom stereocenters. The van der Waals surface area contributed by atoms with Gasteiger partial charge in [-0.3, -0.25) is 4.79 Å². The molecule has 28 heavy (non-hydrogen) atoms. The van der Waals surface area contributed by atoms with Gasteiger partial charge in [-0.25, -0.2) is 5.43 Å². The molecule has 0 aromatic heterocycles. The molecular weight excluding hydrogens is 438 g/mol. The highest BCUT2D eigenvalue weighted by Crippen LogP contribution is 2.14. The van der Waals surface area contributed by atoms with Crippen molar-refractivity contribution in [1.29, 1.82) is 0 Å². The molecule has 2 N–H and O–H groups in total. The van der Waals surface area contributed by atoms with Crippen LogP contribution in [0.1, 0.15) is 28.4 Å². The van der Waals surface area contributed by atoms with Crippen LogP contribution >= 0.6 is 27.5 Å². The number of rotatable bonds is 6. The molecule has 4 nitrogen and oxygen atoms in total. The summed E-state index contributed by atoms with van der Waals surface area (Å²) >= 11 is 9.29. The predicted molar refractivity (Wildman–Crippen MR) is 119 cm³/mol. The van der Waals surface area contributed by atoms with Crippen LogP contribution in [0.2, 0.25) is 5.02 Å². The van der Waals surface area contributed by atoms with Gasteiger partial charge in [-0.15, -0.1) is 0 Å². The Hall–Kier alpha value is -2.63. The molecule has 0 radical (unpaired) electrons. The van der Waals surface area contributed by atoms with Gasteiger partial charge in [0.1, 0.15) is 0 Å². The standard InChI is InChI=1S/C22H19BrClN3O/c1-15(17-4-8-19(23)9-5-17)26-27-22(28)18-6-12-21(13-7-18)25-14-16-2-10-20(24)11-3-16/h2-13,25H,14H2,1H3,(H,27,28). The van der Waals surface area contributed by atoms with Gasteiger partial charge >= 0.3 is 0 Å². The average Bonchev–Trinajstić information content (AvgIpc) is 2.72. The molecule has 0 saturated heterocycles. The maximum Gasteiger partial charge on any atom is 0.271 e. The van der Waals surface area contributed by atoms with Crippen LogP contribution in [0.5, 0.6) is 0 Å². The number of amides is 1. The van der Waals surface area contributed by atoms with E-state index in [-0.39, 0.29) is 5.91 Å². The number of carbonyl (C=O) groups excluding carboxylic acids is 1. The first kappa shape index (κ1) is 20.1. The highest BCUT2D eigenvalue weighted by molar-refractivity contribution is 9.10. The van der Waals surface area contributed by atoms with E-state index >= 15 is 0 Å². The second kappa shape index (κ2) is 9.53. The van der Waals surface area contributed by atoms with Crippen molar-refractivity contribution in [3.63, 3.8) is 0 Å². The fourth-order valence-electron chi connectivity index (χ4n) is 2.50. The maximum absolute atomic E-state index is 12.3. The third-order valence-corrected chi connectivity index (χ3v) is 4.92. The maximum atomic E-state index is 12.3. The molecule has 0 spiro atoms. The molecule has 0 saturated carbocycles. The lowest BCUT2D eigenvalue weighted by Gasteiger charge is -2.08. The summed E-state index contributed by atoms with van der Waals surface area (Å²) in [6, 6.07) is 22.7. The summed E-state index contributed by atoms with van der Waals surface area (Å²) in [5.74, 6) is -0.249. The predicted octanol–water partition coefficient (Wildman–Crippen LogP) is 5.87. The number of nitrogens with one attached hydrogen (secondary N) is 2. The van der Waals surface area contributed by atoms with Gasteiger partial charge in [0.2, 0.25) is 0 Å². The van der Waals surface area contributed by atoms with Crippen molar-refractivity contribution in [2.75, 3.05) is 5.32 Å². The Morgan fingerprint density at radius 2 is 1.54 bits per heavy atom. The van der Waals surface area contributed by atoms with Crippen LogP contribution in [-0.4, -0.2) is 11.6 Å². The van der Waals surface area contributed by atoms with E-state index in [4.69, 9.17) is 11.6 Å². The Morgan fingerprint density at radius 3 is 2.18 bits per heavy atom. The van der Waals surface area contributed by atoms with Crippen LogP contribution in [0.15, 0.2) is 82.4 Å². The fourth-order valence-corrected chi connectivity index (χ4v) is 2.89. The van der Waals surface area contributed by atoms with Crippen molar-refractivity contribution < 1.29 is 4.79 Å². The minimum Gasteiger partial charge on any atom is -0.381 e. The largest absolute Gasteiger partial charge is 0.381 e. The second-order valence-corrected chi connectivity index (χ2v) is 7.55. The van der Waals surface area contributed by atoms with E-state index in [0.717, 1.165) is 32.0 Å². The number of anilines is 1. The van der Waals surface area contributed by atoms with Gasteiger partial charge in [0, 0.05) is 27.3 Å². The molecule has 6 heteroatoms. The number of halogens is 2. The molecule has 3 aromatic rings. The van der Waals surface area contributed by atoms with Crippen LogP contribution in [0.3, 0.4) is 0 Å². The summed E-state index contributed by atoms with van der Waals surface area (Å²) in [7, 11) is 0. The fraction of sp³-hybridized carbons (Fsp3) is 0.0909. The summed E-state index contributed by atoms with van der Waals surface area (Å²) in [6.07, 6.45) is 0. The van der Waals surface area contributed by atoms with Gasteiger partial charge in [0.15, 0.2) is 0 Å². The van der Waals surface area contributed by atoms with E-state index in [2.05, 4.69) is 31.8 Å². The van der Waals surface area contributed by atoms with Crippen molar-refractivity contribution >= 4 is 44.8 Å². The van der Waals surface area contributed by atoms with Gasteiger partial charge in [0.25, 0.3) is 5.91 Å². The number of nitrogens with zero attached hydrogens (tertiary/aromatic N) is 1. The zero-order valence-electron chi connectivity index (χ0n) is 15.2. The molecule has 0 unspecified atom stereocenters. The molecule has 1 amide bonds. The van der Waals surface area contributed by atoms with Crippen molar-refractivity contribution in [3.8, 4) is 0 Å². The zero-order valence-corrected chi connectivity index (χ0v) is 17.6. The number of hydrazone groups is 1. The quantitative estimate of drug-likeness (QED) is 0.360. The third-order valence-electron chi connectivity index (χ3n) is 4.14. The highest BCUT2D eigenvalue weighted by atomic mass is 79.9. The van der Waals surface area contributed by atoms with E-state index in [1.54, 1.807) is 12.1 Å². The summed E-state index contributed by atoms with van der Waals surface area (Å²) in [4.78, 5) is 12.3. The average molecular weight is 457 g/mol. The van der Waals surface area contributed by atoms with Crippen molar-refractivity contribution in [2.45, 2.75) is 13.5 Å². The van der Waals surface area contributed by atoms with E-state index in [9.17, 15) is 4.79 Å². The first-order valence-electron chi connectivity index (χ1n) is 8.70. The summed E-state index contributed by atoms with van der Waals surface area (Å²) in [5.41, 5.74) is 6.89. The van der Waals surface area contributed by atoms with Gasteiger partial charge in [-0.05, 0) is 66.6 Å². The van der Waals surface area contributed by atoms with Crippen LogP contribution in [0.4, 0.5) is 5.69 Å². The molecule has 0 heterocycles. The van der Waals surface area contributed by atoms with Gasteiger partial charge in [-0.2, -0.15) is 5.10 Å². The van der Waals surface area contributed by atoms with Crippen LogP contribution in [-0.2, 0) is 6.54 Å². The van der Waals surface area contributed by atoms with Crippen LogP contribution in [0, 0.1) is 0 Å². The smallest absolute Gasteiger partial charge is 0.271 e. The Labute approximate surface area is 177 Å². The Morgan fingerprint density at radius 1 is 0.929 bits per heavy atom. The normalized spacial score (nSPS) is 11.2. The van der Waals surface area contributed by atoms with Crippen molar-refractivity contribution in [3.05, 3.63) is 99.0 Å². The number of hydrogen-bond acceptors (Lipinski definition) is 3. The summed E-state index contributed by atoms with van der Waals surface area (Å²) in [5, 5.41) is 8.22. The van der Waals surface area contributed by atoms with Gasteiger partial charge in [0.05, 0.1) is 5.71 Å². The molecule has 142 valence electrons. The first-order chi connectivity index (χ1) is 13.5. The molecule has 0 aliphatic carbocycles. The zero-order chi connectivity index (χ0) is 19.9. The molecule has 0 bridgehead atoms. The second-order valence-electron chi connectivity index (χ2n) is 6.20. The summed E-state index contributed by atoms with van der Waals surface area (Å²) in [6.45, 7) is 2.53. The number of hydrogen-bond donors (Lipinski definition) is 2. The topological polar surface area (TPSA) is 53.5 Å². The summed E-state index contributed by atoms with van der Waals surface area (Å²) < 4.78 is 0.998. The number of benzene rings is 3. The lowest BCUT2D eigenvalue weighted by atomic mass is 10.1. The molecule has 3 rings (SSSR count). The monoisotopic (exact) mass is 455 g/mol. The third kappa shape index (κ3) is 5.68. The van der Waals surface area contributed by atoms with Gasteiger partial charge in [-0.1, -0.05) is 51.8 Å². The minimum atomic E-state index is -0.249. The van der Waals surface area contributed by atoms with E-state index < -0.39 is 0 Å². The lowest BCUT2D eigenvalue weighted by Crippen LogP contribution is -2.19. The lowest BCUT2D eigenvalue weighted by molar-refractivity contribution is 0.0955. The van der Waals surface area contributed by atoms with Crippen LogP contribution < -0.4 is 10.7 Å². The Kier molecular flexibility index (Phi) is 6.85. The van der Waals surface area contributed by atoms with Crippen molar-refractivity contribution in [2.24, 2.45) is 5.10 Å². The minimum absolute atomic E-state index is 0.249. The van der Waals surface area contributed by atoms with Gasteiger partial charge < -0.3 is 5.32 Å². The van der Waals surface area contributed by atoms with E-state index in [1.807, 2.05) is 67.6 Å². The van der Waals surface area contributed by atoms with Crippen molar-refractivity contribution in [1.82, 2.24) is 5.43 Å². The molecular formula is C22H19BrClN3O. The molecule has 3 aromatic carbocycles. The first-order valence-corrected chi connectivity index (χ1v) is 9.87. The molecule has 0 aliphatic heterocycles.